The van der Waals surface area contributed by atoms with Crippen molar-refractivity contribution in [2.24, 2.45) is 5.73 Å². The number of primary amides is 1. The summed E-state index contributed by atoms with van der Waals surface area (Å²) in [5.74, 6) is 0.773. The molecular formula is C16H17NO3. The van der Waals surface area contributed by atoms with Gasteiger partial charge in [0.2, 0.25) is 0 Å². The van der Waals surface area contributed by atoms with Gasteiger partial charge >= 0.3 is 0 Å². The molecule has 0 fully saturated rings. The van der Waals surface area contributed by atoms with E-state index in [-0.39, 0.29) is 0 Å². The zero-order valence-corrected chi connectivity index (χ0v) is 11.3. The Morgan fingerprint density at radius 2 is 1.65 bits per heavy atom. The summed E-state index contributed by atoms with van der Waals surface area (Å²) in [6.45, 7) is 2.77. The number of nitrogens with two attached hydrogens (primary N) is 1. The van der Waals surface area contributed by atoms with Gasteiger partial charge in [-0.05, 0) is 31.2 Å². The summed E-state index contributed by atoms with van der Waals surface area (Å²) in [6.07, 6.45) is 0. The van der Waals surface area contributed by atoms with Gasteiger partial charge in [0.25, 0.3) is 5.91 Å². The fraction of sp³-hybridized carbons (Fsp3) is 0.188. The Kier molecular flexibility index (Phi) is 4.60. The lowest BCUT2D eigenvalue weighted by Crippen LogP contribution is -2.15. The van der Waals surface area contributed by atoms with Crippen LogP contribution in [0.3, 0.4) is 0 Å². The maximum atomic E-state index is 11.2. The first-order valence-electron chi connectivity index (χ1n) is 6.38. The number of carbonyl (C=O) groups is 1. The van der Waals surface area contributed by atoms with Crippen molar-refractivity contribution < 1.29 is 14.3 Å². The molecule has 0 aliphatic carbocycles. The maximum absolute atomic E-state index is 11.2. The molecule has 0 bridgehead atoms. The molecule has 0 aliphatic rings. The molecule has 4 nitrogen and oxygen atoms in total. The first-order valence-corrected chi connectivity index (χ1v) is 6.38. The summed E-state index contributed by atoms with van der Waals surface area (Å²) in [4.78, 5) is 11.2. The van der Waals surface area contributed by atoms with E-state index in [4.69, 9.17) is 15.2 Å². The monoisotopic (exact) mass is 271 g/mol. The normalized spacial score (nSPS) is 10.1. The summed E-state index contributed by atoms with van der Waals surface area (Å²) < 4.78 is 11.1. The molecule has 4 heteroatoms. The van der Waals surface area contributed by atoms with Crippen LogP contribution in [-0.2, 0) is 0 Å². The van der Waals surface area contributed by atoms with Crippen molar-refractivity contribution in [1.82, 2.24) is 0 Å². The van der Waals surface area contributed by atoms with Gasteiger partial charge in [-0.1, -0.05) is 29.8 Å². The number of hydrogen-bond donors (Lipinski definition) is 1. The van der Waals surface area contributed by atoms with Crippen molar-refractivity contribution >= 4 is 5.91 Å². The fourth-order valence-corrected chi connectivity index (χ4v) is 1.74. The molecule has 1 amide bonds. The molecule has 0 aliphatic heterocycles. The van der Waals surface area contributed by atoms with Crippen LogP contribution in [0.1, 0.15) is 15.9 Å². The Morgan fingerprint density at radius 1 is 1.00 bits per heavy atom. The largest absolute Gasteiger partial charge is 0.490 e. The number of hydrogen-bond acceptors (Lipinski definition) is 3. The molecule has 2 N–H and O–H groups in total. The van der Waals surface area contributed by atoms with Gasteiger partial charge in [-0.25, -0.2) is 0 Å². The standard InChI is InChI=1S/C16H17NO3/c1-12-6-8-13(9-7-12)19-10-11-20-15-5-3-2-4-14(15)16(17)18/h2-9H,10-11H2,1H3,(H2,17,18). The Morgan fingerprint density at radius 3 is 2.35 bits per heavy atom. The fourth-order valence-electron chi connectivity index (χ4n) is 1.74. The molecular weight excluding hydrogens is 254 g/mol. The number of aryl methyl sites for hydroxylation is 1. The van der Waals surface area contributed by atoms with Crippen molar-refractivity contribution in [2.75, 3.05) is 13.2 Å². The van der Waals surface area contributed by atoms with E-state index in [0.29, 0.717) is 24.5 Å². The number of ether oxygens (including phenoxy) is 2. The molecule has 0 saturated heterocycles. The van der Waals surface area contributed by atoms with Crippen molar-refractivity contribution in [3.8, 4) is 11.5 Å². The average Bonchev–Trinajstić information content (AvgIpc) is 2.46. The second-order valence-electron chi connectivity index (χ2n) is 4.37. The van der Waals surface area contributed by atoms with Crippen LogP contribution in [0.2, 0.25) is 0 Å². The molecule has 0 radical (unpaired) electrons. The minimum absolute atomic E-state index is 0.345. The molecule has 2 aromatic rings. The summed E-state index contributed by atoms with van der Waals surface area (Å²) in [6, 6.07) is 14.7. The zero-order valence-electron chi connectivity index (χ0n) is 11.3. The maximum Gasteiger partial charge on any atom is 0.252 e. The van der Waals surface area contributed by atoms with Gasteiger partial charge in [-0.2, -0.15) is 0 Å². The van der Waals surface area contributed by atoms with E-state index in [2.05, 4.69) is 0 Å². The van der Waals surface area contributed by atoms with Gasteiger partial charge in [0.05, 0.1) is 5.56 Å². The molecule has 2 aromatic carbocycles. The highest BCUT2D eigenvalue weighted by molar-refractivity contribution is 5.95. The highest BCUT2D eigenvalue weighted by atomic mass is 16.5. The van der Waals surface area contributed by atoms with Gasteiger partial charge in [0.15, 0.2) is 0 Å². The minimum atomic E-state index is -0.500. The molecule has 0 atom stereocenters. The number of carbonyl (C=O) groups excluding carboxylic acids is 1. The number of benzene rings is 2. The third-order valence-electron chi connectivity index (χ3n) is 2.78. The quantitative estimate of drug-likeness (QED) is 0.821. The van der Waals surface area contributed by atoms with Crippen LogP contribution in [0.5, 0.6) is 11.5 Å². The summed E-state index contributed by atoms with van der Waals surface area (Å²) >= 11 is 0. The lowest BCUT2D eigenvalue weighted by Gasteiger charge is -2.10. The van der Waals surface area contributed by atoms with Crippen LogP contribution >= 0.6 is 0 Å². The van der Waals surface area contributed by atoms with Gasteiger partial charge in [0.1, 0.15) is 24.7 Å². The SMILES string of the molecule is Cc1ccc(OCCOc2ccccc2C(N)=O)cc1. The Hall–Kier alpha value is -2.49. The molecule has 0 saturated carbocycles. The van der Waals surface area contributed by atoms with Crippen LogP contribution < -0.4 is 15.2 Å². The molecule has 0 heterocycles. The van der Waals surface area contributed by atoms with Gasteiger partial charge < -0.3 is 15.2 Å². The third kappa shape index (κ3) is 3.75. The van der Waals surface area contributed by atoms with Crippen molar-refractivity contribution in [3.63, 3.8) is 0 Å². The summed E-state index contributed by atoms with van der Waals surface area (Å²) in [5.41, 5.74) is 6.84. The summed E-state index contributed by atoms with van der Waals surface area (Å²) in [7, 11) is 0. The van der Waals surface area contributed by atoms with Gasteiger partial charge in [0, 0.05) is 0 Å². The van der Waals surface area contributed by atoms with Crippen LogP contribution in [0, 0.1) is 6.92 Å². The molecule has 104 valence electrons. The van der Waals surface area contributed by atoms with Gasteiger partial charge in [-0.3, -0.25) is 4.79 Å². The summed E-state index contributed by atoms with van der Waals surface area (Å²) in [5, 5.41) is 0. The second-order valence-corrected chi connectivity index (χ2v) is 4.37. The number of para-hydroxylation sites is 1. The third-order valence-corrected chi connectivity index (χ3v) is 2.78. The van der Waals surface area contributed by atoms with Crippen molar-refractivity contribution in [2.45, 2.75) is 6.92 Å². The molecule has 0 unspecified atom stereocenters. The van der Waals surface area contributed by atoms with Crippen LogP contribution in [0.15, 0.2) is 48.5 Å². The zero-order chi connectivity index (χ0) is 14.4. The van der Waals surface area contributed by atoms with E-state index < -0.39 is 5.91 Å². The molecule has 2 rings (SSSR count). The Balaban J connectivity index is 1.84. The lowest BCUT2D eigenvalue weighted by atomic mass is 10.2. The van der Waals surface area contributed by atoms with E-state index in [9.17, 15) is 4.79 Å². The smallest absolute Gasteiger partial charge is 0.252 e. The average molecular weight is 271 g/mol. The van der Waals surface area contributed by atoms with Crippen LogP contribution in [0.4, 0.5) is 0 Å². The molecule has 0 spiro atoms. The van der Waals surface area contributed by atoms with E-state index in [0.717, 1.165) is 5.75 Å². The number of rotatable bonds is 6. The Bertz CT molecular complexity index is 579. The minimum Gasteiger partial charge on any atom is -0.490 e. The second kappa shape index (κ2) is 6.61. The van der Waals surface area contributed by atoms with Crippen LogP contribution in [-0.4, -0.2) is 19.1 Å². The number of amides is 1. The van der Waals surface area contributed by atoms with E-state index in [1.54, 1.807) is 24.3 Å². The van der Waals surface area contributed by atoms with E-state index in [1.165, 1.54) is 5.56 Å². The topological polar surface area (TPSA) is 61.6 Å². The van der Waals surface area contributed by atoms with Crippen LogP contribution in [0.25, 0.3) is 0 Å². The van der Waals surface area contributed by atoms with E-state index in [1.807, 2.05) is 31.2 Å². The lowest BCUT2D eigenvalue weighted by molar-refractivity contribution is 0.0995. The van der Waals surface area contributed by atoms with Crippen molar-refractivity contribution in [3.05, 3.63) is 59.7 Å². The Labute approximate surface area is 118 Å². The molecule has 0 aromatic heterocycles. The van der Waals surface area contributed by atoms with Crippen molar-refractivity contribution in [1.29, 1.82) is 0 Å². The molecule has 20 heavy (non-hydrogen) atoms. The highest BCUT2D eigenvalue weighted by Crippen LogP contribution is 2.17. The van der Waals surface area contributed by atoms with Gasteiger partial charge in [-0.15, -0.1) is 0 Å². The predicted octanol–water partition coefficient (Wildman–Crippen LogP) is 2.55. The highest BCUT2D eigenvalue weighted by Gasteiger charge is 2.07. The predicted molar refractivity (Wildman–Crippen MR) is 77.1 cm³/mol. The van der Waals surface area contributed by atoms with E-state index >= 15 is 0 Å². The first-order chi connectivity index (χ1) is 9.66. The first kappa shape index (κ1) is 13.9.